The standard InChI is InChI=1S/C19H20N4OS2/c24-18(12-6-9-25-10-12)22-13-4-7-23(8-5-13)17-16-14-2-1-3-15(14)26-19(16)21-11-20-17/h6,9-11,13H,1-5,7-8H2,(H,22,24). The molecule has 7 heteroatoms. The van der Waals surface area contributed by atoms with Gasteiger partial charge >= 0.3 is 0 Å². The maximum atomic E-state index is 12.3. The topological polar surface area (TPSA) is 58.1 Å². The molecule has 5 nitrogen and oxygen atoms in total. The molecule has 0 radical (unpaired) electrons. The minimum Gasteiger partial charge on any atom is -0.356 e. The Kier molecular flexibility index (Phi) is 4.13. The van der Waals surface area contributed by atoms with Gasteiger partial charge in [-0.05, 0) is 49.1 Å². The van der Waals surface area contributed by atoms with Crippen LogP contribution in [0.2, 0.25) is 0 Å². The zero-order valence-electron chi connectivity index (χ0n) is 14.4. The summed E-state index contributed by atoms with van der Waals surface area (Å²) in [6.45, 7) is 1.84. The molecule has 134 valence electrons. The summed E-state index contributed by atoms with van der Waals surface area (Å²) >= 11 is 3.40. The van der Waals surface area contributed by atoms with Crippen molar-refractivity contribution in [1.82, 2.24) is 15.3 Å². The maximum absolute atomic E-state index is 12.3. The van der Waals surface area contributed by atoms with Gasteiger partial charge < -0.3 is 10.2 Å². The molecule has 3 aromatic rings. The van der Waals surface area contributed by atoms with E-state index in [2.05, 4.69) is 20.2 Å². The second-order valence-corrected chi connectivity index (χ2v) is 8.85. The van der Waals surface area contributed by atoms with Gasteiger partial charge in [-0.25, -0.2) is 9.97 Å². The van der Waals surface area contributed by atoms with Crippen molar-refractivity contribution in [2.24, 2.45) is 0 Å². The van der Waals surface area contributed by atoms with Crippen LogP contribution in [-0.2, 0) is 12.8 Å². The van der Waals surface area contributed by atoms with Crippen LogP contribution in [-0.4, -0.2) is 35.0 Å². The third-order valence-electron chi connectivity index (χ3n) is 5.39. The predicted molar refractivity (Wildman–Crippen MR) is 106 cm³/mol. The van der Waals surface area contributed by atoms with E-state index in [4.69, 9.17) is 0 Å². The first kappa shape index (κ1) is 16.2. The lowest BCUT2D eigenvalue weighted by molar-refractivity contribution is 0.0931. The van der Waals surface area contributed by atoms with Gasteiger partial charge in [0.1, 0.15) is 17.0 Å². The van der Waals surface area contributed by atoms with E-state index in [-0.39, 0.29) is 11.9 Å². The lowest BCUT2D eigenvalue weighted by Gasteiger charge is -2.33. The molecule has 0 unspecified atom stereocenters. The molecule has 0 spiro atoms. The summed E-state index contributed by atoms with van der Waals surface area (Å²) in [6, 6.07) is 2.12. The summed E-state index contributed by atoms with van der Waals surface area (Å²) in [5.41, 5.74) is 2.25. The molecule has 4 heterocycles. The van der Waals surface area contributed by atoms with Crippen molar-refractivity contribution in [3.05, 3.63) is 39.2 Å². The molecule has 26 heavy (non-hydrogen) atoms. The van der Waals surface area contributed by atoms with Gasteiger partial charge in [-0.1, -0.05) is 0 Å². The molecule has 1 aliphatic heterocycles. The molecule has 1 fully saturated rings. The van der Waals surface area contributed by atoms with Gasteiger partial charge in [0, 0.05) is 35.0 Å². The van der Waals surface area contributed by atoms with Crippen molar-refractivity contribution in [3.8, 4) is 0 Å². The fourth-order valence-electron chi connectivity index (χ4n) is 4.05. The lowest BCUT2D eigenvalue weighted by Crippen LogP contribution is -2.45. The first-order valence-electron chi connectivity index (χ1n) is 9.13. The van der Waals surface area contributed by atoms with E-state index in [0.717, 1.165) is 48.6 Å². The van der Waals surface area contributed by atoms with Gasteiger partial charge in [0.25, 0.3) is 5.91 Å². The highest BCUT2D eigenvalue weighted by Crippen LogP contribution is 2.40. The molecule has 1 aliphatic carbocycles. The Bertz CT molecular complexity index is 942. The molecule has 0 saturated carbocycles. The average molecular weight is 385 g/mol. The summed E-state index contributed by atoms with van der Waals surface area (Å²) in [4.78, 5) is 26.4. The van der Waals surface area contributed by atoms with E-state index in [1.165, 1.54) is 28.7 Å². The number of aromatic nitrogens is 2. The van der Waals surface area contributed by atoms with E-state index in [0.29, 0.717) is 0 Å². The normalized spacial score (nSPS) is 17.6. The van der Waals surface area contributed by atoms with Crippen LogP contribution in [0.1, 0.15) is 40.1 Å². The molecule has 1 N–H and O–H groups in total. The zero-order chi connectivity index (χ0) is 17.5. The highest BCUT2D eigenvalue weighted by Gasteiger charge is 2.27. The van der Waals surface area contributed by atoms with E-state index in [1.807, 2.05) is 28.2 Å². The molecule has 0 atom stereocenters. The van der Waals surface area contributed by atoms with Gasteiger partial charge in [0.2, 0.25) is 0 Å². The number of carbonyl (C=O) groups is 1. The molecule has 0 bridgehead atoms. The van der Waals surface area contributed by atoms with Crippen LogP contribution in [0.5, 0.6) is 0 Å². The van der Waals surface area contributed by atoms with Gasteiger partial charge in [-0.3, -0.25) is 4.79 Å². The van der Waals surface area contributed by atoms with E-state index >= 15 is 0 Å². The third kappa shape index (κ3) is 2.79. The number of hydrogen-bond donors (Lipinski definition) is 1. The number of thiophene rings is 2. The minimum absolute atomic E-state index is 0.0461. The molecule has 0 aromatic carbocycles. The van der Waals surface area contributed by atoms with Crippen molar-refractivity contribution in [1.29, 1.82) is 0 Å². The highest BCUT2D eigenvalue weighted by molar-refractivity contribution is 7.19. The number of anilines is 1. The van der Waals surface area contributed by atoms with Crippen molar-refractivity contribution in [2.75, 3.05) is 18.0 Å². The largest absolute Gasteiger partial charge is 0.356 e. The Labute approximate surface area is 160 Å². The Morgan fingerprint density at radius 2 is 2.12 bits per heavy atom. The van der Waals surface area contributed by atoms with Crippen LogP contribution in [0.4, 0.5) is 5.82 Å². The quantitative estimate of drug-likeness (QED) is 0.749. The van der Waals surface area contributed by atoms with Gasteiger partial charge in [-0.15, -0.1) is 11.3 Å². The van der Waals surface area contributed by atoms with Crippen LogP contribution in [0, 0.1) is 0 Å². The monoisotopic (exact) mass is 384 g/mol. The minimum atomic E-state index is 0.0461. The first-order chi connectivity index (χ1) is 12.8. The van der Waals surface area contributed by atoms with Crippen LogP contribution in [0.15, 0.2) is 23.2 Å². The number of carbonyl (C=O) groups excluding carboxylic acids is 1. The maximum Gasteiger partial charge on any atom is 0.252 e. The van der Waals surface area contributed by atoms with Crippen LogP contribution >= 0.6 is 22.7 Å². The van der Waals surface area contributed by atoms with E-state index < -0.39 is 0 Å². The first-order valence-corrected chi connectivity index (χ1v) is 10.9. The molecular formula is C19H20N4OS2. The van der Waals surface area contributed by atoms with Crippen molar-refractivity contribution >= 4 is 44.6 Å². The van der Waals surface area contributed by atoms with Crippen LogP contribution in [0.3, 0.4) is 0 Å². The van der Waals surface area contributed by atoms with Gasteiger partial charge in [0.05, 0.1) is 5.39 Å². The lowest BCUT2D eigenvalue weighted by atomic mass is 10.0. The number of nitrogens with zero attached hydrogens (tertiary/aromatic N) is 3. The molecule has 1 saturated heterocycles. The van der Waals surface area contributed by atoms with Crippen LogP contribution in [0.25, 0.3) is 10.2 Å². The fourth-order valence-corrected chi connectivity index (χ4v) is 5.91. The second kappa shape index (κ2) is 6.63. The number of fused-ring (bicyclic) bond motifs is 3. The number of rotatable bonds is 3. The van der Waals surface area contributed by atoms with E-state index in [9.17, 15) is 4.79 Å². The summed E-state index contributed by atoms with van der Waals surface area (Å²) in [5.74, 6) is 1.14. The summed E-state index contributed by atoms with van der Waals surface area (Å²) in [7, 11) is 0. The van der Waals surface area contributed by atoms with Crippen molar-refractivity contribution in [2.45, 2.75) is 38.1 Å². The highest BCUT2D eigenvalue weighted by atomic mass is 32.1. The molecule has 1 amide bonds. The average Bonchev–Trinajstić information content (AvgIpc) is 3.39. The Balaban J connectivity index is 1.31. The smallest absolute Gasteiger partial charge is 0.252 e. The number of aryl methyl sites for hydroxylation is 2. The summed E-state index contributed by atoms with van der Waals surface area (Å²) < 4.78 is 0. The van der Waals surface area contributed by atoms with Crippen LogP contribution < -0.4 is 10.2 Å². The summed E-state index contributed by atoms with van der Waals surface area (Å²) in [5, 5.41) is 8.30. The zero-order valence-corrected chi connectivity index (χ0v) is 16.0. The van der Waals surface area contributed by atoms with Crippen molar-refractivity contribution < 1.29 is 4.79 Å². The predicted octanol–water partition coefficient (Wildman–Crippen LogP) is 3.64. The Morgan fingerprint density at radius 1 is 1.23 bits per heavy atom. The number of hydrogen-bond acceptors (Lipinski definition) is 6. The number of piperidine rings is 1. The van der Waals surface area contributed by atoms with Gasteiger partial charge in [-0.2, -0.15) is 11.3 Å². The molecule has 3 aromatic heterocycles. The molecule has 5 rings (SSSR count). The molecule has 2 aliphatic rings. The molecular weight excluding hydrogens is 364 g/mol. The second-order valence-electron chi connectivity index (χ2n) is 6.98. The van der Waals surface area contributed by atoms with Gasteiger partial charge in [0.15, 0.2) is 0 Å². The van der Waals surface area contributed by atoms with Crippen molar-refractivity contribution in [3.63, 3.8) is 0 Å². The summed E-state index contributed by atoms with van der Waals surface area (Å²) in [6.07, 6.45) is 7.20. The number of nitrogens with one attached hydrogen (secondary N) is 1. The SMILES string of the molecule is O=C(NC1CCN(c2ncnc3sc4c(c23)CCC4)CC1)c1ccsc1. The van der Waals surface area contributed by atoms with E-state index in [1.54, 1.807) is 17.7 Å². The Hall–Kier alpha value is -1.99. The third-order valence-corrected chi connectivity index (χ3v) is 7.28. The Morgan fingerprint density at radius 3 is 2.92 bits per heavy atom. The fraction of sp³-hybridized carbons (Fsp3) is 0.421. The number of amides is 1.